The van der Waals surface area contributed by atoms with Gasteiger partial charge in [0.05, 0.1) is 0 Å². The molecule has 0 aromatic heterocycles. The van der Waals surface area contributed by atoms with Gasteiger partial charge in [0.2, 0.25) is 0 Å². The average Bonchev–Trinajstić information content (AvgIpc) is 3.18. The predicted molar refractivity (Wildman–Crippen MR) is 243 cm³/mol. The molecule has 0 saturated carbocycles. The van der Waals surface area contributed by atoms with Crippen LogP contribution in [0.25, 0.3) is 0 Å². The third-order valence-electron chi connectivity index (χ3n) is 11.5. The van der Waals surface area contributed by atoms with E-state index in [2.05, 4.69) is 34.6 Å². The summed E-state index contributed by atoms with van der Waals surface area (Å²) in [5.41, 5.74) is 0. The lowest BCUT2D eigenvalue weighted by Crippen LogP contribution is -2.30. The van der Waals surface area contributed by atoms with Crippen molar-refractivity contribution in [3.8, 4) is 0 Å². The van der Waals surface area contributed by atoms with E-state index in [1.165, 1.54) is 167 Å². The van der Waals surface area contributed by atoms with E-state index in [4.69, 9.17) is 14.2 Å². The molecule has 0 bridgehead atoms. The van der Waals surface area contributed by atoms with Crippen LogP contribution in [-0.4, -0.2) is 37.2 Å². The number of esters is 3. The minimum atomic E-state index is -0.762. The van der Waals surface area contributed by atoms with Crippen molar-refractivity contribution >= 4 is 17.9 Å². The van der Waals surface area contributed by atoms with Crippen LogP contribution in [0.4, 0.5) is 0 Å². The van der Waals surface area contributed by atoms with E-state index in [1.54, 1.807) is 0 Å². The lowest BCUT2D eigenvalue weighted by atomic mass is 10.0. The van der Waals surface area contributed by atoms with Gasteiger partial charge in [-0.1, -0.05) is 240 Å². The van der Waals surface area contributed by atoms with Gasteiger partial charge in [0.15, 0.2) is 6.10 Å². The number of hydrogen-bond acceptors (Lipinski definition) is 6. The maximum absolute atomic E-state index is 12.7. The van der Waals surface area contributed by atoms with Crippen molar-refractivity contribution in [2.45, 2.75) is 285 Å². The number of hydrogen-bond donors (Lipinski definition) is 0. The molecule has 1 atom stereocenters. The summed E-state index contributed by atoms with van der Waals surface area (Å²) in [5.74, 6) is 0.743. The van der Waals surface area contributed by atoms with E-state index in [1.807, 2.05) is 0 Å². The van der Waals surface area contributed by atoms with Crippen LogP contribution in [0, 0.1) is 11.8 Å². The molecule has 0 rings (SSSR count). The fourth-order valence-corrected chi connectivity index (χ4v) is 7.64. The predicted octanol–water partition coefficient (Wildman–Crippen LogP) is 16.1. The molecule has 338 valence electrons. The third-order valence-corrected chi connectivity index (χ3v) is 11.5. The first kappa shape index (κ1) is 55.4. The SMILES string of the molecule is CCCCCCCCCCCCCCCCCCC(=O)OC[C@H](COC(=O)CCCCCCCCCCCCC(C)C)OC(=O)CCCCCCCCCC(C)C. The van der Waals surface area contributed by atoms with Gasteiger partial charge in [0, 0.05) is 19.3 Å². The van der Waals surface area contributed by atoms with E-state index >= 15 is 0 Å². The second-order valence-electron chi connectivity index (χ2n) is 18.4. The van der Waals surface area contributed by atoms with Gasteiger partial charge >= 0.3 is 17.9 Å². The van der Waals surface area contributed by atoms with Crippen molar-refractivity contribution in [1.29, 1.82) is 0 Å². The maximum Gasteiger partial charge on any atom is 0.306 e. The first-order chi connectivity index (χ1) is 27.7. The Morgan fingerprint density at radius 1 is 0.333 bits per heavy atom. The monoisotopic (exact) mass is 807 g/mol. The highest BCUT2D eigenvalue weighted by molar-refractivity contribution is 5.71. The largest absolute Gasteiger partial charge is 0.462 e. The van der Waals surface area contributed by atoms with Gasteiger partial charge < -0.3 is 14.2 Å². The highest BCUT2D eigenvalue weighted by atomic mass is 16.6. The molecule has 0 aromatic rings. The smallest absolute Gasteiger partial charge is 0.306 e. The molecule has 0 amide bonds. The van der Waals surface area contributed by atoms with Gasteiger partial charge in [-0.2, -0.15) is 0 Å². The Morgan fingerprint density at radius 3 is 0.860 bits per heavy atom. The second kappa shape index (κ2) is 44.0. The van der Waals surface area contributed by atoms with Crippen molar-refractivity contribution in [3.05, 3.63) is 0 Å². The summed E-state index contributed by atoms with van der Waals surface area (Å²) in [6.07, 6.45) is 43.8. The Balaban J connectivity index is 4.27. The molecule has 0 aliphatic heterocycles. The summed E-state index contributed by atoms with van der Waals surface area (Å²) in [5, 5.41) is 0. The van der Waals surface area contributed by atoms with Gasteiger partial charge in [-0.25, -0.2) is 0 Å². The molecule has 0 aliphatic rings. The first-order valence-corrected chi connectivity index (χ1v) is 25.2. The molecule has 0 spiro atoms. The van der Waals surface area contributed by atoms with Crippen molar-refractivity contribution < 1.29 is 28.6 Å². The summed E-state index contributed by atoms with van der Waals surface area (Å²) in [6, 6.07) is 0. The normalized spacial score (nSPS) is 12.1. The van der Waals surface area contributed by atoms with Crippen molar-refractivity contribution in [2.24, 2.45) is 11.8 Å². The molecule has 0 aromatic carbocycles. The molecule has 6 heteroatoms. The number of rotatable bonds is 45. The van der Waals surface area contributed by atoms with Crippen LogP contribution >= 0.6 is 0 Å². The van der Waals surface area contributed by atoms with Crippen LogP contribution in [0.3, 0.4) is 0 Å². The number of carbonyl (C=O) groups excluding carboxylic acids is 3. The van der Waals surface area contributed by atoms with E-state index in [-0.39, 0.29) is 31.1 Å². The summed E-state index contributed by atoms with van der Waals surface area (Å²) in [6.45, 7) is 11.3. The minimum Gasteiger partial charge on any atom is -0.462 e. The van der Waals surface area contributed by atoms with E-state index < -0.39 is 6.10 Å². The van der Waals surface area contributed by atoms with Crippen LogP contribution < -0.4 is 0 Å². The van der Waals surface area contributed by atoms with Crippen LogP contribution in [0.1, 0.15) is 279 Å². The zero-order valence-electron chi connectivity index (χ0n) is 39.0. The Hall–Kier alpha value is -1.59. The topological polar surface area (TPSA) is 78.9 Å². The quantitative estimate of drug-likeness (QED) is 0.0346. The number of unbranched alkanes of at least 4 members (excludes halogenated alkanes) is 30. The van der Waals surface area contributed by atoms with Crippen molar-refractivity contribution in [2.75, 3.05) is 13.2 Å². The Bertz CT molecular complexity index is 870. The Labute approximate surface area is 355 Å². The molecule has 0 N–H and O–H groups in total. The molecular weight excluding hydrogens is 709 g/mol. The fourth-order valence-electron chi connectivity index (χ4n) is 7.64. The molecular formula is C51H98O6. The van der Waals surface area contributed by atoms with Crippen LogP contribution in [-0.2, 0) is 28.6 Å². The fraction of sp³-hybridized carbons (Fsp3) is 0.941. The average molecular weight is 807 g/mol. The van der Waals surface area contributed by atoms with E-state index in [9.17, 15) is 14.4 Å². The van der Waals surface area contributed by atoms with Gasteiger partial charge in [-0.3, -0.25) is 14.4 Å². The molecule has 0 fully saturated rings. The van der Waals surface area contributed by atoms with Crippen LogP contribution in [0.15, 0.2) is 0 Å². The summed E-state index contributed by atoms with van der Waals surface area (Å²) >= 11 is 0. The van der Waals surface area contributed by atoms with Crippen molar-refractivity contribution in [3.63, 3.8) is 0 Å². The van der Waals surface area contributed by atoms with Crippen LogP contribution in [0.5, 0.6) is 0 Å². The standard InChI is InChI=1S/C51H98O6/c1-6-7-8-9-10-11-12-13-14-15-16-17-21-26-31-36-41-49(52)55-44-48(57-51(54)43-38-33-28-23-25-30-35-40-47(4)5)45-56-50(53)42-37-32-27-22-19-18-20-24-29-34-39-46(2)3/h46-48H,6-45H2,1-5H3/t48-/m1/s1. The molecule has 0 aliphatic carbocycles. The lowest BCUT2D eigenvalue weighted by molar-refractivity contribution is -0.167. The molecule has 6 nitrogen and oxygen atoms in total. The Morgan fingerprint density at radius 2 is 0.579 bits per heavy atom. The molecule has 57 heavy (non-hydrogen) atoms. The van der Waals surface area contributed by atoms with Gasteiger partial charge in [-0.15, -0.1) is 0 Å². The number of carbonyl (C=O) groups is 3. The molecule has 0 heterocycles. The zero-order valence-corrected chi connectivity index (χ0v) is 39.0. The summed E-state index contributed by atoms with van der Waals surface area (Å²) < 4.78 is 16.8. The zero-order chi connectivity index (χ0) is 41.9. The van der Waals surface area contributed by atoms with Crippen LogP contribution in [0.2, 0.25) is 0 Å². The first-order valence-electron chi connectivity index (χ1n) is 25.2. The van der Waals surface area contributed by atoms with E-state index in [0.29, 0.717) is 19.3 Å². The molecule has 0 unspecified atom stereocenters. The van der Waals surface area contributed by atoms with Crippen molar-refractivity contribution in [1.82, 2.24) is 0 Å². The summed E-state index contributed by atoms with van der Waals surface area (Å²) in [7, 11) is 0. The third kappa shape index (κ3) is 45.3. The lowest BCUT2D eigenvalue weighted by Gasteiger charge is -2.18. The van der Waals surface area contributed by atoms with Gasteiger partial charge in [0.1, 0.15) is 13.2 Å². The minimum absolute atomic E-state index is 0.0647. The van der Waals surface area contributed by atoms with Gasteiger partial charge in [0.25, 0.3) is 0 Å². The number of ether oxygens (including phenoxy) is 3. The molecule has 0 radical (unpaired) electrons. The molecule has 0 saturated heterocycles. The summed E-state index contributed by atoms with van der Waals surface area (Å²) in [4.78, 5) is 37.8. The highest BCUT2D eigenvalue weighted by Gasteiger charge is 2.19. The Kier molecular flexibility index (Phi) is 42.7. The maximum atomic E-state index is 12.7. The second-order valence-corrected chi connectivity index (χ2v) is 18.4. The van der Waals surface area contributed by atoms with Gasteiger partial charge in [-0.05, 0) is 31.1 Å². The highest BCUT2D eigenvalue weighted by Crippen LogP contribution is 2.17. The van der Waals surface area contributed by atoms with E-state index in [0.717, 1.165) is 69.6 Å².